The van der Waals surface area contributed by atoms with Crippen LogP contribution in [0, 0.1) is 0 Å². The molecule has 2 heterocycles. The van der Waals surface area contributed by atoms with Crippen molar-refractivity contribution in [1.82, 2.24) is 4.90 Å². The Bertz CT molecular complexity index is 1240. The predicted molar refractivity (Wildman–Crippen MR) is 121 cm³/mol. The highest BCUT2D eigenvalue weighted by Gasteiger charge is 2.29. The quantitative estimate of drug-likeness (QED) is 0.628. The lowest BCUT2D eigenvalue weighted by atomic mass is 9.99. The van der Waals surface area contributed by atoms with E-state index in [2.05, 4.69) is 12.1 Å². The molecule has 3 aromatic carbocycles. The third kappa shape index (κ3) is 3.61. The van der Waals surface area contributed by atoms with E-state index in [4.69, 9.17) is 0 Å². The van der Waals surface area contributed by atoms with E-state index in [1.54, 1.807) is 24.3 Å². The first kappa shape index (κ1) is 19.8. The molecule has 0 aromatic heterocycles. The average Bonchev–Trinajstić information content (AvgIpc) is 2.83. The van der Waals surface area contributed by atoms with Crippen molar-refractivity contribution >= 4 is 21.6 Å². The van der Waals surface area contributed by atoms with Crippen molar-refractivity contribution in [2.75, 3.05) is 17.4 Å². The Balaban J connectivity index is 1.37. The molecule has 0 spiro atoms. The molecule has 3 aromatic rings. The number of anilines is 1. The zero-order valence-corrected chi connectivity index (χ0v) is 18.0. The van der Waals surface area contributed by atoms with Gasteiger partial charge in [-0.05, 0) is 66.3 Å². The molecular formula is C25H24N2O3S. The van der Waals surface area contributed by atoms with Crippen LogP contribution in [0.2, 0.25) is 0 Å². The summed E-state index contributed by atoms with van der Waals surface area (Å²) >= 11 is 0. The van der Waals surface area contributed by atoms with Gasteiger partial charge in [0.1, 0.15) is 0 Å². The number of aryl methyl sites for hydroxylation is 1. The van der Waals surface area contributed by atoms with Crippen LogP contribution in [-0.2, 0) is 29.4 Å². The summed E-state index contributed by atoms with van der Waals surface area (Å²) in [5.41, 5.74) is 4.77. The molecule has 0 radical (unpaired) electrons. The van der Waals surface area contributed by atoms with Gasteiger partial charge in [0.15, 0.2) is 0 Å². The van der Waals surface area contributed by atoms with Crippen LogP contribution in [-0.4, -0.2) is 32.3 Å². The minimum Gasteiger partial charge on any atom is -0.334 e. The minimum atomic E-state index is -3.67. The van der Waals surface area contributed by atoms with Gasteiger partial charge >= 0.3 is 0 Å². The van der Waals surface area contributed by atoms with E-state index in [1.807, 2.05) is 41.3 Å². The summed E-state index contributed by atoms with van der Waals surface area (Å²) in [5, 5.41) is 0. The highest BCUT2D eigenvalue weighted by atomic mass is 32.2. The predicted octanol–water partition coefficient (Wildman–Crippen LogP) is 4.03. The van der Waals surface area contributed by atoms with Gasteiger partial charge in [-0.25, -0.2) is 8.42 Å². The third-order valence-corrected chi connectivity index (χ3v) is 8.00. The number of carbonyl (C=O) groups is 1. The number of sulfonamides is 1. The Kier molecular flexibility index (Phi) is 5.02. The number of benzene rings is 3. The number of amides is 1. The number of carbonyl (C=O) groups excluding carboxylic acids is 1. The Morgan fingerprint density at radius 2 is 1.42 bits per heavy atom. The molecule has 0 fully saturated rings. The average molecular weight is 433 g/mol. The van der Waals surface area contributed by atoms with E-state index in [9.17, 15) is 13.2 Å². The Labute approximate surface area is 183 Å². The highest BCUT2D eigenvalue weighted by Crippen LogP contribution is 2.32. The zero-order chi connectivity index (χ0) is 21.4. The Morgan fingerprint density at radius 1 is 0.742 bits per heavy atom. The van der Waals surface area contributed by atoms with Crippen LogP contribution in [0.25, 0.3) is 0 Å². The number of fused-ring (bicyclic) bond motifs is 2. The summed E-state index contributed by atoms with van der Waals surface area (Å²) < 4.78 is 28.1. The molecule has 0 unspecified atom stereocenters. The lowest BCUT2D eigenvalue weighted by molar-refractivity contribution is 0.0734. The minimum absolute atomic E-state index is 0.0678. The molecule has 0 bridgehead atoms. The standard InChI is InChI=1S/C25H24N2O3S/c28-25(26-17-15-19-6-1-2-8-22(19)18-26)21-11-13-23(14-12-21)31(29,30)27-16-5-9-20-7-3-4-10-24(20)27/h1-4,6-8,10-14H,5,9,15-18H2. The smallest absolute Gasteiger partial charge is 0.264 e. The van der Waals surface area contributed by atoms with Crippen LogP contribution in [0.1, 0.15) is 33.5 Å². The third-order valence-electron chi connectivity index (χ3n) is 6.17. The number of rotatable bonds is 3. The maximum absolute atomic E-state index is 13.3. The van der Waals surface area contributed by atoms with Crippen LogP contribution in [0.5, 0.6) is 0 Å². The number of hydrogen-bond donors (Lipinski definition) is 0. The van der Waals surface area contributed by atoms with Crippen molar-refractivity contribution in [3.05, 3.63) is 95.1 Å². The molecular weight excluding hydrogens is 408 g/mol. The zero-order valence-electron chi connectivity index (χ0n) is 17.2. The van der Waals surface area contributed by atoms with Gasteiger partial charge in [-0.1, -0.05) is 42.5 Å². The number of nitrogens with zero attached hydrogens (tertiary/aromatic N) is 2. The maximum atomic E-state index is 13.3. The van der Waals surface area contributed by atoms with Crippen molar-refractivity contribution in [1.29, 1.82) is 0 Å². The molecule has 0 saturated heterocycles. The fourth-order valence-corrected chi connectivity index (χ4v) is 6.04. The van der Waals surface area contributed by atoms with Gasteiger partial charge in [-0.2, -0.15) is 0 Å². The summed E-state index contributed by atoms with van der Waals surface area (Å²) in [6.07, 6.45) is 2.51. The topological polar surface area (TPSA) is 57.7 Å². The molecule has 1 amide bonds. The van der Waals surface area contributed by atoms with Crippen molar-refractivity contribution in [3.63, 3.8) is 0 Å². The van der Waals surface area contributed by atoms with Crippen LogP contribution >= 0.6 is 0 Å². The van der Waals surface area contributed by atoms with Gasteiger partial charge in [-0.15, -0.1) is 0 Å². The van der Waals surface area contributed by atoms with E-state index < -0.39 is 10.0 Å². The van der Waals surface area contributed by atoms with E-state index in [0.29, 0.717) is 25.2 Å². The summed E-state index contributed by atoms with van der Waals surface area (Å²) in [6.45, 7) is 1.72. The molecule has 2 aliphatic heterocycles. The fourth-order valence-electron chi connectivity index (χ4n) is 4.50. The molecule has 31 heavy (non-hydrogen) atoms. The molecule has 5 nitrogen and oxygen atoms in total. The van der Waals surface area contributed by atoms with E-state index >= 15 is 0 Å². The maximum Gasteiger partial charge on any atom is 0.264 e. The molecule has 2 aliphatic rings. The first-order valence-corrected chi connectivity index (χ1v) is 12.0. The normalized spacial score (nSPS) is 15.9. The highest BCUT2D eigenvalue weighted by molar-refractivity contribution is 7.92. The number of para-hydroxylation sites is 1. The van der Waals surface area contributed by atoms with Crippen LogP contribution < -0.4 is 4.31 Å². The Morgan fingerprint density at radius 3 is 2.19 bits per heavy atom. The summed E-state index contributed by atoms with van der Waals surface area (Å²) in [7, 11) is -3.67. The summed E-state index contributed by atoms with van der Waals surface area (Å²) in [6, 6.07) is 22.2. The second kappa shape index (κ2) is 7.85. The van der Waals surface area contributed by atoms with Crippen LogP contribution in [0.4, 0.5) is 5.69 Å². The van der Waals surface area contributed by atoms with Crippen molar-refractivity contribution < 1.29 is 13.2 Å². The summed E-state index contributed by atoms with van der Waals surface area (Å²) in [4.78, 5) is 15.0. The van der Waals surface area contributed by atoms with Gasteiger partial charge in [0.05, 0.1) is 10.6 Å². The summed E-state index contributed by atoms with van der Waals surface area (Å²) in [5.74, 6) is -0.0678. The van der Waals surface area contributed by atoms with Crippen LogP contribution in [0.15, 0.2) is 77.7 Å². The SMILES string of the molecule is O=C(c1ccc(S(=O)(=O)N2CCCc3ccccc32)cc1)N1CCc2ccccc2C1. The largest absolute Gasteiger partial charge is 0.334 e. The van der Waals surface area contributed by atoms with Gasteiger partial charge in [0.25, 0.3) is 15.9 Å². The first-order chi connectivity index (χ1) is 15.0. The van der Waals surface area contributed by atoms with Gasteiger partial charge in [0.2, 0.25) is 0 Å². The van der Waals surface area contributed by atoms with Gasteiger partial charge in [-0.3, -0.25) is 9.10 Å². The molecule has 0 N–H and O–H groups in total. The molecule has 6 heteroatoms. The van der Waals surface area contributed by atoms with E-state index in [0.717, 1.165) is 30.5 Å². The first-order valence-electron chi connectivity index (χ1n) is 10.6. The Hall–Kier alpha value is -3.12. The monoisotopic (exact) mass is 432 g/mol. The van der Waals surface area contributed by atoms with Crippen LogP contribution in [0.3, 0.4) is 0 Å². The van der Waals surface area contributed by atoms with Crippen molar-refractivity contribution in [2.45, 2.75) is 30.7 Å². The number of hydrogen-bond acceptors (Lipinski definition) is 3. The second-order valence-electron chi connectivity index (χ2n) is 8.08. The molecule has 158 valence electrons. The second-order valence-corrected chi connectivity index (χ2v) is 9.94. The van der Waals surface area contributed by atoms with Gasteiger partial charge in [0, 0.05) is 25.2 Å². The van der Waals surface area contributed by atoms with E-state index in [-0.39, 0.29) is 10.8 Å². The van der Waals surface area contributed by atoms with Crippen molar-refractivity contribution in [2.24, 2.45) is 0 Å². The van der Waals surface area contributed by atoms with Crippen molar-refractivity contribution in [3.8, 4) is 0 Å². The lowest BCUT2D eigenvalue weighted by Crippen LogP contribution is -2.36. The lowest BCUT2D eigenvalue weighted by Gasteiger charge is -2.30. The molecule has 0 aliphatic carbocycles. The molecule has 5 rings (SSSR count). The van der Waals surface area contributed by atoms with Gasteiger partial charge < -0.3 is 4.90 Å². The van der Waals surface area contributed by atoms with E-state index in [1.165, 1.54) is 15.4 Å². The fraction of sp³-hybridized carbons (Fsp3) is 0.240. The molecule has 0 saturated carbocycles. The molecule has 0 atom stereocenters.